The summed E-state index contributed by atoms with van der Waals surface area (Å²) in [5.41, 5.74) is 0. The van der Waals surface area contributed by atoms with Gasteiger partial charge in [-0.15, -0.1) is 11.3 Å². The second-order valence-corrected chi connectivity index (χ2v) is 7.76. The number of hydrogen-bond donors (Lipinski definition) is 0. The lowest BCUT2D eigenvalue weighted by molar-refractivity contribution is -0.144. The lowest BCUT2D eigenvalue weighted by atomic mass is 9.95. The molecule has 0 spiro atoms. The Morgan fingerprint density at radius 2 is 1.74 bits per heavy atom. The zero-order valence-electron chi connectivity index (χ0n) is 12.9. The van der Waals surface area contributed by atoms with Crippen molar-refractivity contribution in [1.29, 1.82) is 0 Å². The van der Waals surface area contributed by atoms with Gasteiger partial charge in [0.25, 0.3) is 0 Å². The van der Waals surface area contributed by atoms with Crippen LogP contribution in [0.15, 0.2) is 17.5 Å². The van der Waals surface area contributed by atoms with Gasteiger partial charge in [0.15, 0.2) is 0 Å². The van der Waals surface area contributed by atoms with E-state index in [1.54, 1.807) is 11.3 Å². The molecule has 5 nitrogen and oxygen atoms in total. The number of carbonyl (C=O) groups is 3. The van der Waals surface area contributed by atoms with E-state index in [1.807, 2.05) is 22.4 Å². The highest BCUT2D eigenvalue weighted by Gasteiger charge is 2.47. The average molecular weight is 332 g/mol. The molecule has 3 fully saturated rings. The van der Waals surface area contributed by atoms with E-state index in [1.165, 1.54) is 4.90 Å². The molecule has 0 N–H and O–H groups in total. The minimum Gasteiger partial charge on any atom is -0.336 e. The first kappa shape index (κ1) is 14.9. The Balaban J connectivity index is 1.47. The molecule has 4 rings (SSSR count). The normalized spacial score (nSPS) is 30.3. The van der Waals surface area contributed by atoms with E-state index in [2.05, 4.69) is 0 Å². The van der Waals surface area contributed by atoms with Crippen LogP contribution >= 0.6 is 11.3 Å². The standard InChI is InChI=1S/C17H20N2O3S/c20-15-5-6-16(21)19(15)13-8-11-3-4-12(9-13)18(11)17(22)10-14-2-1-7-23-14/h1-2,7,11-13H,3-6,8-10H2. The summed E-state index contributed by atoms with van der Waals surface area (Å²) in [5, 5.41) is 1.99. The van der Waals surface area contributed by atoms with Crippen molar-refractivity contribution in [3.8, 4) is 0 Å². The summed E-state index contributed by atoms with van der Waals surface area (Å²) in [5.74, 6) is 0.132. The van der Waals surface area contributed by atoms with Gasteiger partial charge in [0.2, 0.25) is 17.7 Å². The van der Waals surface area contributed by atoms with E-state index >= 15 is 0 Å². The molecule has 0 aliphatic carbocycles. The van der Waals surface area contributed by atoms with Crippen LogP contribution in [0.3, 0.4) is 0 Å². The Labute approximate surface area is 139 Å². The summed E-state index contributed by atoms with van der Waals surface area (Å²) in [6, 6.07) is 4.35. The van der Waals surface area contributed by atoms with Gasteiger partial charge in [-0.05, 0) is 37.1 Å². The Bertz CT molecular complexity index is 612. The van der Waals surface area contributed by atoms with E-state index in [-0.39, 0.29) is 35.8 Å². The fourth-order valence-electron chi connectivity index (χ4n) is 4.42. The maximum atomic E-state index is 12.7. The van der Waals surface area contributed by atoms with Crippen molar-refractivity contribution >= 4 is 29.1 Å². The summed E-state index contributed by atoms with van der Waals surface area (Å²) in [4.78, 5) is 41.2. The SMILES string of the molecule is O=C1CCC(=O)N1C1CC2CCC(C1)N2C(=O)Cc1cccs1. The number of likely N-dealkylation sites (tertiary alicyclic amines) is 1. The van der Waals surface area contributed by atoms with E-state index in [0.717, 1.165) is 30.6 Å². The second-order valence-electron chi connectivity index (χ2n) is 6.72. The predicted molar refractivity (Wildman–Crippen MR) is 85.8 cm³/mol. The molecule has 1 aromatic rings. The van der Waals surface area contributed by atoms with Crippen molar-refractivity contribution in [1.82, 2.24) is 9.80 Å². The van der Waals surface area contributed by atoms with Gasteiger partial charge in [-0.2, -0.15) is 0 Å². The molecular formula is C17H20N2O3S. The van der Waals surface area contributed by atoms with Crippen molar-refractivity contribution in [2.75, 3.05) is 0 Å². The topological polar surface area (TPSA) is 57.7 Å². The number of amides is 3. The third kappa shape index (κ3) is 2.59. The maximum absolute atomic E-state index is 12.7. The molecule has 2 unspecified atom stereocenters. The van der Waals surface area contributed by atoms with Crippen LogP contribution in [-0.4, -0.2) is 45.6 Å². The molecule has 4 heterocycles. The van der Waals surface area contributed by atoms with Gasteiger partial charge in [0.1, 0.15) is 0 Å². The lowest BCUT2D eigenvalue weighted by Gasteiger charge is -2.41. The van der Waals surface area contributed by atoms with Crippen LogP contribution in [0.4, 0.5) is 0 Å². The Kier molecular flexibility index (Phi) is 3.71. The maximum Gasteiger partial charge on any atom is 0.229 e. The fraction of sp³-hybridized carbons (Fsp3) is 0.588. The summed E-state index contributed by atoms with van der Waals surface area (Å²) < 4.78 is 0. The van der Waals surface area contributed by atoms with Gasteiger partial charge < -0.3 is 4.90 Å². The lowest BCUT2D eigenvalue weighted by Crippen LogP contribution is -2.53. The minimum atomic E-state index is -0.0298. The Morgan fingerprint density at radius 3 is 2.30 bits per heavy atom. The predicted octanol–water partition coefficient (Wildman–Crippen LogP) is 1.96. The van der Waals surface area contributed by atoms with Crippen LogP contribution in [0.25, 0.3) is 0 Å². The first-order chi connectivity index (χ1) is 11.1. The highest BCUT2D eigenvalue weighted by Crippen LogP contribution is 2.39. The number of thiophene rings is 1. The molecule has 3 amide bonds. The molecule has 3 saturated heterocycles. The van der Waals surface area contributed by atoms with Crippen molar-refractivity contribution in [2.45, 2.75) is 63.1 Å². The van der Waals surface area contributed by atoms with E-state index in [0.29, 0.717) is 19.3 Å². The van der Waals surface area contributed by atoms with Crippen molar-refractivity contribution in [3.05, 3.63) is 22.4 Å². The molecule has 2 bridgehead atoms. The number of piperidine rings is 1. The first-order valence-corrected chi connectivity index (χ1v) is 9.20. The zero-order valence-corrected chi connectivity index (χ0v) is 13.8. The Morgan fingerprint density at radius 1 is 1.09 bits per heavy atom. The highest BCUT2D eigenvalue weighted by atomic mass is 32.1. The zero-order chi connectivity index (χ0) is 16.0. The largest absolute Gasteiger partial charge is 0.336 e. The van der Waals surface area contributed by atoms with Crippen molar-refractivity contribution in [2.24, 2.45) is 0 Å². The fourth-order valence-corrected chi connectivity index (χ4v) is 5.12. The van der Waals surface area contributed by atoms with Gasteiger partial charge in [0, 0.05) is 35.8 Å². The summed E-state index contributed by atoms with van der Waals surface area (Å²) in [6.45, 7) is 0. The quantitative estimate of drug-likeness (QED) is 0.795. The molecule has 122 valence electrons. The van der Waals surface area contributed by atoms with Crippen LogP contribution < -0.4 is 0 Å². The van der Waals surface area contributed by atoms with Crippen LogP contribution in [0, 0.1) is 0 Å². The number of fused-ring (bicyclic) bond motifs is 2. The monoisotopic (exact) mass is 332 g/mol. The summed E-state index contributed by atoms with van der Waals surface area (Å²) in [6.07, 6.45) is 4.67. The smallest absolute Gasteiger partial charge is 0.229 e. The number of nitrogens with zero attached hydrogens (tertiary/aromatic N) is 2. The summed E-state index contributed by atoms with van der Waals surface area (Å²) >= 11 is 1.61. The van der Waals surface area contributed by atoms with Crippen molar-refractivity contribution in [3.63, 3.8) is 0 Å². The number of rotatable bonds is 3. The third-order valence-corrected chi connectivity index (χ3v) is 6.23. The number of imide groups is 1. The molecule has 3 aliphatic rings. The van der Waals surface area contributed by atoms with Crippen LogP contribution in [0.5, 0.6) is 0 Å². The number of carbonyl (C=O) groups excluding carboxylic acids is 3. The molecule has 0 radical (unpaired) electrons. The number of hydrogen-bond acceptors (Lipinski definition) is 4. The Hall–Kier alpha value is -1.69. The average Bonchev–Trinajstić information content (AvgIpc) is 3.20. The third-order valence-electron chi connectivity index (χ3n) is 5.36. The van der Waals surface area contributed by atoms with Crippen LogP contribution in [0.2, 0.25) is 0 Å². The van der Waals surface area contributed by atoms with Crippen LogP contribution in [0.1, 0.15) is 43.4 Å². The van der Waals surface area contributed by atoms with E-state index < -0.39 is 0 Å². The molecule has 3 aliphatic heterocycles. The van der Waals surface area contributed by atoms with Gasteiger partial charge in [-0.25, -0.2) is 0 Å². The van der Waals surface area contributed by atoms with E-state index in [4.69, 9.17) is 0 Å². The molecular weight excluding hydrogens is 312 g/mol. The minimum absolute atomic E-state index is 0.000729. The molecule has 0 aromatic carbocycles. The van der Waals surface area contributed by atoms with Gasteiger partial charge in [-0.1, -0.05) is 6.07 Å². The van der Waals surface area contributed by atoms with Gasteiger partial charge in [0.05, 0.1) is 6.42 Å². The first-order valence-electron chi connectivity index (χ1n) is 8.32. The van der Waals surface area contributed by atoms with Crippen LogP contribution in [-0.2, 0) is 20.8 Å². The van der Waals surface area contributed by atoms with E-state index in [9.17, 15) is 14.4 Å². The summed E-state index contributed by atoms with van der Waals surface area (Å²) in [7, 11) is 0. The highest BCUT2D eigenvalue weighted by molar-refractivity contribution is 7.10. The molecule has 0 saturated carbocycles. The second kappa shape index (κ2) is 5.74. The van der Waals surface area contributed by atoms with Crippen molar-refractivity contribution < 1.29 is 14.4 Å². The van der Waals surface area contributed by atoms with Gasteiger partial charge >= 0.3 is 0 Å². The molecule has 2 atom stereocenters. The molecule has 6 heteroatoms. The van der Waals surface area contributed by atoms with Gasteiger partial charge in [-0.3, -0.25) is 19.3 Å². The molecule has 23 heavy (non-hydrogen) atoms. The molecule has 1 aromatic heterocycles.